The summed E-state index contributed by atoms with van der Waals surface area (Å²) in [6.45, 7) is 6.67. The van der Waals surface area contributed by atoms with Gasteiger partial charge in [0.15, 0.2) is 0 Å². The number of rotatable bonds is 5. The van der Waals surface area contributed by atoms with Crippen molar-refractivity contribution in [2.24, 2.45) is 11.1 Å². The monoisotopic (exact) mass is 328 g/mol. The molecule has 1 saturated carbocycles. The van der Waals surface area contributed by atoms with Gasteiger partial charge in [-0.3, -0.25) is 4.79 Å². The van der Waals surface area contributed by atoms with Crippen LogP contribution in [-0.2, 0) is 4.79 Å². The summed E-state index contributed by atoms with van der Waals surface area (Å²) in [4.78, 5) is 13.3. The summed E-state index contributed by atoms with van der Waals surface area (Å²) in [5.41, 5.74) is 5.78. The molecule has 3 N–H and O–H groups in total. The smallest absolute Gasteiger partial charge is 0.237 e. The van der Waals surface area contributed by atoms with Gasteiger partial charge in [0.1, 0.15) is 0 Å². The van der Waals surface area contributed by atoms with E-state index in [4.69, 9.17) is 5.73 Å². The van der Waals surface area contributed by atoms with Crippen molar-refractivity contribution in [1.29, 1.82) is 0 Å². The zero-order valence-electron chi connectivity index (χ0n) is 12.9. The lowest BCUT2D eigenvalue weighted by atomic mass is 9.87. The van der Waals surface area contributed by atoms with E-state index in [1.807, 2.05) is 50.7 Å². The first-order valence-corrected chi connectivity index (χ1v) is 7.91. The SMILES string of the molecule is CC(C)(C)[C@H](N)C(=O)NCC1(Sc2ccccc2)CC1.Cl. The fourth-order valence-electron chi connectivity index (χ4n) is 1.94. The Morgan fingerprint density at radius 2 is 1.90 bits per heavy atom. The molecule has 1 aromatic rings. The van der Waals surface area contributed by atoms with E-state index in [9.17, 15) is 4.79 Å². The second kappa shape index (κ2) is 7.03. The number of benzene rings is 1. The second-order valence-corrected chi connectivity index (χ2v) is 8.20. The van der Waals surface area contributed by atoms with Gasteiger partial charge < -0.3 is 11.1 Å². The van der Waals surface area contributed by atoms with E-state index in [1.54, 1.807) is 0 Å². The lowest BCUT2D eigenvalue weighted by Crippen LogP contribution is -2.50. The van der Waals surface area contributed by atoms with E-state index in [2.05, 4.69) is 17.4 Å². The van der Waals surface area contributed by atoms with Crippen molar-refractivity contribution in [3.63, 3.8) is 0 Å². The van der Waals surface area contributed by atoms with Gasteiger partial charge in [0, 0.05) is 16.2 Å². The van der Waals surface area contributed by atoms with Gasteiger partial charge in [-0.2, -0.15) is 0 Å². The van der Waals surface area contributed by atoms with Crippen LogP contribution in [0, 0.1) is 5.41 Å². The van der Waals surface area contributed by atoms with Crippen molar-refractivity contribution in [1.82, 2.24) is 5.32 Å². The van der Waals surface area contributed by atoms with Crippen LogP contribution in [-0.4, -0.2) is 23.2 Å². The van der Waals surface area contributed by atoms with Crippen LogP contribution < -0.4 is 11.1 Å². The molecule has 21 heavy (non-hydrogen) atoms. The highest BCUT2D eigenvalue weighted by Crippen LogP contribution is 2.51. The minimum Gasteiger partial charge on any atom is -0.353 e. The molecule has 1 aliphatic carbocycles. The van der Waals surface area contributed by atoms with E-state index in [-0.39, 0.29) is 28.5 Å². The number of carbonyl (C=O) groups excluding carboxylic acids is 1. The molecule has 118 valence electrons. The predicted octanol–water partition coefficient (Wildman–Crippen LogP) is 3.22. The number of amides is 1. The van der Waals surface area contributed by atoms with Crippen molar-refractivity contribution in [2.75, 3.05) is 6.54 Å². The molecule has 3 nitrogen and oxygen atoms in total. The first-order valence-electron chi connectivity index (χ1n) is 7.10. The number of carbonyl (C=O) groups is 1. The van der Waals surface area contributed by atoms with Crippen LogP contribution in [0.3, 0.4) is 0 Å². The molecule has 2 rings (SSSR count). The molecule has 0 saturated heterocycles. The Bertz CT molecular complexity index is 469. The molecule has 1 fully saturated rings. The molecule has 0 radical (unpaired) electrons. The van der Waals surface area contributed by atoms with Gasteiger partial charge in [0.25, 0.3) is 0 Å². The summed E-state index contributed by atoms with van der Waals surface area (Å²) >= 11 is 1.86. The first kappa shape index (κ1) is 18.3. The maximum atomic E-state index is 12.1. The van der Waals surface area contributed by atoms with Crippen LogP contribution in [0.2, 0.25) is 0 Å². The molecule has 0 spiro atoms. The average molecular weight is 329 g/mol. The molecular weight excluding hydrogens is 304 g/mol. The molecule has 1 amide bonds. The van der Waals surface area contributed by atoms with Crippen LogP contribution in [0.15, 0.2) is 35.2 Å². The highest BCUT2D eigenvalue weighted by atomic mass is 35.5. The molecule has 0 unspecified atom stereocenters. The normalized spacial score (nSPS) is 17.5. The third kappa shape index (κ3) is 5.20. The maximum Gasteiger partial charge on any atom is 0.237 e. The Balaban J connectivity index is 0.00000220. The van der Waals surface area contributed by atoms with Crippen LogP contribution in [0.1, 0.15) is 33.6 Å². The van der Waals surface area contributed by atoms with Crippen LogP contribution in [0.4, 0.5) is 0 Å². The Morgan fingerprint density at radius 3 is 2.38 bits per heavy atom. The molecule has 0 aromatic heterocycles. The fourth-order valence-corrected chi connectivity index (χ4v) is 3.19. The number of halogens is 1. The number of hydrogen-bond acceptors (Lipinski definition) is 3. The van der Waals surface area contributed by atoms with E-state index < -0.39 is 6.04 Å². The molecule has 5 heteroatoms. The quantitative estimate of drug-likeness (QED) is 0.872. The van der Waals surface area contributed by atoms with E-state index in [0.29, 0.717) is 6.54 Å². The highest BCUT2D eigenvalue weighted by molar-refractivity contribution is 8.01. The maximum absolute atomic E-state index is 12.1. The number of nitrogens with two attached hydrogens (primary N) is 1. The largest absolute Gasteiger partial charge is 0.353 e. The van der Waals surface area contributed by atoms with Crippen molar-refractivity contribution in [2.45, 2.75) is 49.3 Å². The van der Waals surface area contributed by atoms with Gasteiger partial charge in [-0.05, 0) is 30.4 Å². The van der Waals surface area contributed by atoms with Crippen molar-refractivity contribution in [3.8, 4) is 0 Å². The molecule has 1 atom stereocenters. The zero-order valence-corrected chi connectivity index (χ0v) is 14.5. The lowest BCUT2D eigenvalue weighted by molar-refractivity contribution is -0.124. The molecule has 1 aromatic carbocycles. The second-order valence-electron chi connectivity index (χ2n) is 6.66. The van der Waals surface area contributed by atoms with Crippen molar-refractivity contribution < 1.29 is 4.79 Å². The summed E-state index contributed by atoms with van der Waals surface area (Å²) < 4.78 is 0.175. The lowest BCUT2D eigenvalue weighted by Gasteiger charge is -2.26. The predicted molar refractivity (Wildman–Crippen MR) is 92.0 cm³/mol. The summed E-state index contributed by atoms with van der Waals surface area (Å²) in [5, 5.41) is 3.03. The van der Waals surface area contributed by atoms with Gasteiger partial charge in [0.2, 0.25) is 5.91 Å². The number of hydrogen-bond donors (Lipinski definition) is 2. The van der Waals surface area contributed by atoms with Gasteiger partial charge in [-0.1, -0.05) is 39.0 Å². The van der Waals surface area contributed by atoms with E-state index in [0.717, 1.165) is 12.8 Å². The van der Waals surface area contributed by atoms with Crippen LogP contribution >= 0.6 is 24.2 Å². The third-order valence-electron chi connectivity index (χ3n) is 3.69. The van der Waals surface area contributed by atoms with E-state index >= 15 is 0 Å². The van der Waals surface area contributed by atoms with Gasteiger partial charge in [0.05, 0.1) is 6.04 Å². The van der Waals surface area contributed by atoms with Gasteiger partial charge in [-0.25, -0.2) is 0 Å². The molecular formula is C16H25ClN2OS. The molecule has 0 heterocycles. The van der Waals surface area contributed by atoms with Crippen molar-refractivity contribution in [3.05, 3.63) is 30.3 Å². The summed E-state index contributed by atoms with van der Waals surface area (Å²) in [6, 6.07) is 9.90. The number of thioether (sulfide) groups is 1. The Hall–Kier alpha value is -0.710. The Kier molecular flexibility index (Phi) is 6.14. The standard InChI is InChI=1S/C16H24N2OS.ClH/c1-15(2,3)13(17)14(19)18-11-16(9-10-16)20-12-7-5-4-6-8-12;/h4-8,13H,9-11,17H2,1-3H3,(H,18,19);1H/t13-;/m1./s1. The molecule has 0 aliphatic heterocycles. The van der Waals surface area contributed by atoms with Crippen LogP contribution in [0.5, 0.6) is 0 Å². The Labute approximate surface area is 137 Å². The van der Waals surface area contributed by atoms with Crippen molar-refractivity contribution >= 4 is 30.1 Å². The average Bonchev–Trinajstić information content (AvgIpc) is 3.15. The highest BCUT2D eigenvalue weighted by Gasteiger charge is 2.44. The minimum absolute atomic E-state index is 0. The van der Waals surface area contributed by atoms with Gasteiger partial charge in [-0.15, -0.1) is 24.2 Å². The summed E-state index contributed by atoms with van der Waals surface area (Å²) in [6.07, 6.45) is 2.30. The summed E-state index contributed by atoms with van der Waals surface area (Å²) in [7, 11) is 0. The fraction of sp³-hybridized carbons (Fsp3) is 0.562. The van der Waals surface area contributed by atoms with E-state index in [1.165, 1.54) is 4.90 Å². The minimum atomic E-state index is -0.458. The Morgan fingerprint density at radius 1 is 1.33 bits per heavy atom. The first-order chi connectivity index (χ1) is 9.32. The zero-order chi connectivity index (χ0) is 14.8. The third-order valence-corrected chi connectivity index (χ3v) is 5.18. The summed E-state index contributed by atoms with van der Waals surface area (Å²) in [5.74, 6) is -0.0440. The number of nitrogens with one attached hydrogen (secondary N) is 1. The van der Waals surface area contributed by atoms with Crippen LogP contribution in [0.25, 0.3) is 0 Å². The van der Waals surface area contributed by atoms with Gasteiger partial charge >= 0.3 is 0 Å². The molecule has 1 aliphatic rings. The topological polar surface area (TPSA) is 55.1 Å². The molecule has 0 bridgehead atoms.